The molecule has 0 bridgehead atoms. The minimum absolute atomic E-state index is 0. The summed E-state index contributed by atoms with van der Waals surface area (Å²) in [5, 5.41) is 2.16. The summed E-state index contributed by atoms with van der Waals surface area (Å²) in [6.45, 7) is 2.58. The number of benzene rings is 2. The van der Waals surface area contributed by atoms with Crippen molar-refractivity contribution in [2.24, 2.45) is 17.6 Å². The number of hydrogen-bond acceptors (Lipinski definition) is 3. The first-order valence-electron chi connectivity index (χ1n) is 8.94. The molecule has 2 N–H and O–H groups in total. The van der Waals surface area contributed by atoms with E-state index in [-0.39, 0.29) is 30.1 Å². The van der Waals surface area contributed by atoms with Crippen LogP contribution in [0.2, 0.25) is 0 Å². The van der Waals surface area contributed by atoms with Crippen LogP contribution in [-0.2, 0) is 9.59 Å². The van der Waals surface area contributed by atoms with Crippen molar-refractivity contribution >= 4 is 40.7 Å². The van der Waals surface area contributed by atoms with Crippen molar-refractivity contribution in [2.45, 2.75) is 12.8 Å². The van der Waals surface area contributed by atoms with Gasteiger partial charge in [0.05, 0.1) is 11.6 Å². The highest BCUT2D eigenvalue weighted by atomic mass is 35.5. The second-order valence-electron chi connectivity index (χ2n) is 7.08. The lowest BCUT2D eigenvalue weighted by atomic mass is 10.1. The van der Waals surface area contributed by atoms with E-state index in [9.17, 15) is 9.59 Å². The molecule has 0 saturated carbocycles. The van der Waals surface area contributed by atoms with Gasteiger partial charge in [0, 0.05) is 31.4 Å². The first-order chi connectivity index (χ1) is 12.2. The molecule has 2 heterocycles. The summed E-state index contributed by atoms with van der Waals surface area (Å²) in [5.74, 6) is 0.287. The molecule has 2 aliphatic heterocycles. The first kappa shape index (κ1) is 18.7. The van der Waals surface area contributed by atoms with E-state index in [1.807, 2.05) is 47.4 Å². The van der Waals surface area contributed by atoms with Gasteiger partial charge in [0.25, 0.3) is 0 Å². The van der Waals surface area contributed by atoms with Crippen molar-refractivity contribution in [3.63, 3.8) is 0 Å². The summed E-state index contributed by atoms with van der Waals surface area (Å²) in [6.07, 6.45) is 1.27. The van der Waals surface area contributed by atoms with Crippen LogP contribution >= 0.6 is 12.4 Å². The predicted molar refractivity (Wildman–Crippen MR) is 105 cm³/mol. The number of carbonyl (C=O) groups excluding carboxylic acids is 2. The third kappa shape index (κ3) is 3.29. The number of fused-ring (bicyclic) bond motifs is 1. The Morgan fingerprint density at radius 1 is 1.12 bits per heavy atom. The Bertz CT molecular complexity index is 820. The monoisotopic (exact) mass is 373 g/mol. The molecule has 0 radical (unpaired) electrons. The van der Waals surface area contributed by atoms with Crippen LogP contribution in [-0.4, -0.2) is 42.9 Å². The van der Waals surface area contributed by atoms with Gasteiger partial charge in [-0.2, -0.15) is 0 Å². The maximum absolute atomic E-state index is 12.8. The quantitative estimate of drug-likeness (QED) is 0.898. The molecule has 2 saturated heterocycles. The fourth-order valence-corrected chi connectivity index (χ4v) is 4.03. The number of hydrogen-bond donors (Lipinski definition) is 1. The Morgan fingerprint density at radius 2 is 1.88 bits per heavy atom. The average molecular weight is 374 g/mol. The second kappa shape index (κ2) is 7.64. The minimum Gasteiger partial charge on any atom is -0.342 e. The van der Waals surface area contributed by atoms with Crippen molar-refractivity contribution in [3.05, 3.63) is 42.5 Å². The zero-order valence-corrected chi connectivity index (χ0v) is 15.5. The second-order valence-corrected chi connectivity index (χ2v) is 7.08. The van der Waals surface area contributed by atoms with E-state index in [4.69, 9.17) is 5.73 Å². The molecular weight excluding hydrogens is 350 g/mol. The van der Waals surface area contributed by atoms with Crippen molar-refractivity contribution in [1.29, 1.82) is 0 Å². The van der Waals surface area contributed by atoms with Crippen LogP contribution in [0.3, 0.4) is 0 Å². The van der Waals surface area contributed by atoms with E-state index in [0.717, 1.165) is 36.0 Å². The molecule has 0 aromatic heterocycles. The number of likely N-dealkylation sites (tertiary alicyclic amines) is 1. The van der Waals surface area contributed by atoms with Gasteiger partial charge >= 0.3 is 0 Å². The van der Waals surface area contributed by atoms with E-state index in [1.165, 1.54) is 0 Å². The summed E-state index contributed by atoms with van der Waals surface area (Å²) >= 11 is 0. The molecule has 2 unspecified atom stereocenters. The Kier molecular flexibility index (Phi) is 5.49. The SMILES string of the molecule is Cl.NCC1CCN(C(=O)C2CC(=O)N(c3cccc4ccccc34)C2)C1. The third-order valence-corrected chi connectivity index (χ3v) is 5.46. The number of amides is 2. The van der Waals surface area contributed by atoms with E-state index < -0.39 is 0 Å². The van der Waals surface area contributed by atoms with E-state index in [0.29, 0.717) is 25.4 Å². The van der Waals surface area contributed by atoms with E-state index in [2.05, 4.69) is 0 Å². The fraction of sp³-hybridized carbons (Fsp3) is 0.400. The van der Waals surface area contributed by atoms with E-state index >= 15 is 0 Å². The molecule has 2 aliphatic rings. The van der Waals surface area contributed by atoms with Gasteiger partial charge in [0.15, 0.2) is 0 Å². The molecule has 2 atom stereocenters. The Morgan fingerprint density at radius 3 is 2.65 bits per heavy atom. The summed E-state index contributed by atoms with van der Waals surface area (Å²) in [7, 11) is 0. The van der Waals surface area contributed by atoms with Gasteiger partial charge in [-0.3, -0.25) is 9.59 Å². The van der Waals surface area contributed by atoms with Gasteiger partial charge in [0.2, 0.25) is 11.8 Å². The Labute approximate surface area is 159 Å². The molecule has 4 rings (SSSR count). The molecule has 5 nitrogen and oxygen atoms in total. The van der Waals surface area contributed by atoms with Gasteiger partial charge in [0.1, 0.15) is 0 Å². The number of rotatable bonds is 3. The highest BCUT2D eigenvalue weighted by Crippen LogP contribution is 2.32. The number of carbonyl (C=O) groups is 2. The van der Waals surface area contributed by atoms with Crippen LogP contribution in [0.5, 0.6) is 0 Å². The van der Waals surface area contributed by atoms with Crippen molar-refractivity contribution in [1.82, 2.24) is 4.90 Å². The maximum atomic E-state index is 12.8. The summed E-state index contributed by atoms with van der Waals surface area (Å²) < 4.78 is 0. The van der Waals surface area contributed by atoms with Crippen LogP contribution in [0.25, 0.3) is 10.8 Å². The van der Waals surface area contributed by atoms with Crippen LogP contribution in [0.15, 0.2) is 42.5 Å². The van der Waals surface area contributed by atoms with Gasteiger partial charge in [-0.15, -0.1) is 12.4 Å². The van der Waals surface area contributed by atoms with Crippen LogP contribution in [0.1, 0.15) is 12.8 Å². The zero-order valence-electron chi connectivity index (χ0n) is 14.6. The lowest BCUT2D eigenvalue weighted by Gasteiger charge is -2.22. The summed E-state index contributed by atoms with van der Waals surface area (Å²) in [4.78, 5) is 29.1. The third-order valence-electron chi connectivity index (χ3n) is 5.46. The fourth-order valence-electron chi connectivity index (χ4n) is 4.03. The van der Waals surface area contributed by atoms with Gasteiger partial charge in [-0.1, -0.05) is 36.4 Å². The van der Waals surface area contributed by atoms with Crippen molar-refractivity contribution in [3.8, 4) is 0 Å². The lowest BCUT2D eigenvalue weighted by molar-refractivity contribution is -0.134. The summed E-state index contributed by atoms with van der Waals surface area (Å²) in [5.41, 5.74) is 6.62. The summed E-state index contributed by atoms with van der Waals surface area (Å²) in [6, 6.07) is 14.0. The van der Waals surface area contributed by atoms with Crippen LogP contribution < -0.4 is 10.6 Å². The maximum Gasteiger partial charge on any atom is 0.228 e. The molecule has 0 aliphatic carbocycles. The van der Waals surface area contributed by atoms with Crippen molar-refractivity contribution in [2.75, 3.05) is 31.1 Å². The van der Waals surface area contributed by atoms with Crippen LogP contribution in [0.4, 0.5) is 5.69 Å². The number of nitrogens with two attached hydrogens (primary N) is 1. The molecule has 6 heteroatoms. The highest BCUT2D eigenvalue weighted by molar-refractivity contribution is 6.07. The molecule has 2 aromatic carbocycles. The molecule has 2 fully saturated rings. The largest absolute Gasteiger partial charge is 0.342 e. The minimum atomic E-state index is -0.247. The average Bonchev–Trinajstić information content (AvgIpc) is 3.27. The topological polar surface area (TPSA) is 66.6 Å². The zero-order chi connectivity index (χ0) is 17.4. The predicted octanol–water partition coefficient (Wildman–Crippen LogP) is 2.42. The lowest BCUT2D eigenvalue weighted by Crippen LogP contribution is -2.36. The standard InChI is InChI=1S/C20H23N3O2.ClH/c21-11-14-8-9-22(12-14)20(25)16-10-19(24)23(13-16)18-7-3-5-15-4-1-2-6-17(15)18;/h1-7,14,16H,8-13,21H2;1H. The Balaban J connectivity index is 0.00000196. The highest BCUT2D eigenvalue weighted by Gasteiger charge is 2.39. The molecule has 2 amide bonds. The van der Waals surface area contributed by atoms with E-state index in [1.54, 1.807) is 4.90 Å². The van der Waals surface area contributed by atoms with Crippen molar-refractivity contribution < 1.29 is 9.59 Å². The Hall–Kier alpha value is -2.11. The number of anilines is 1. The first-order valence-corrected chi connectivity index (χ1v) is 8.94. The van der Waals surface area contributed by atoms with Crippen LogP contribution in [0, 0.1) is 11.8 Å². The molecule has 2 aromatic rings. The molecular formula is C20H24ClN3O2. The number of nitrogens with zero attached hydrogens (tertiary/aromatic N) is 2. The molecule has 138 valence electrons. The number of halogens is 1. The van der Waals surface area contributed by atoms with Gasteiger partial charge in [-0.25, -0.2) is 0 Å². The normalized spacial score (nSPS) is 22.7. The molecule has 26 heavy (non-hydrogen) atoms. The van der Waals surface area contributed by atoms with Gasteiger partial charge < -0.3 is 15.5 Å². The smallest absolute Gasteiger partial charge is 0.228 e. The molecule has 0 spiro atoms. The van der Waals surface area contributed by atoms with Gasteiger partial charge in [-0.05, 0) is 30.3 Å².